The number of carbonyl (C=O) groups excluding carboxylic acids is 1. The summed E-state index contributed by atoms with van der Waals surface area (Å²) in [6, 6.07) is 5.98. The summed E-state index contributed by atoms with van der Waals surface area (Å²) in [5.41, 5.74) is 2.09. The van der Waals surface area contributed by atoms with Crippen LogP contribution in [0.5, 0.6) is 0 Å². The fourth-order valence-corrected chi connectivity index (χ4v) is 1.84. The highest BCUT2D eigenvalue weighted by molar-refractivity contribution is 9.10. The van der Waals surface area contributed by atoms with Gasteiger partial charge < -0.3 is 15.4 Å². The van der Waals surface area contributed by atoms with Gasteiger partial charge in [0.2, 0.25) is 5.91 Å². The van der Waals surface area contributed by atoms with Gasteiger partial charge in [0.25, 0.3) is 0 Å². The molecule has 0 radical (unpaired) electrons. The number of anilines is 1. The molecule has 0 saturated heterocycles. The number of nitrogens with one attached hydrogen (secondary N) is 2. The first-order valence-electron chi connectivity index (χ1n) is 5.89. The molecule has 2 N–H and O–H groups in total. The molecule has 1 amide bonds. The van der Waals surface area contributed by atoms with Crippen LogP contribution in [0.2, 0.25) is 0 Å². The summed E-state index contributed by atoms with van der Waals surface area (Å²) in [4.78, 5) is 11.5. The lowest BCUT2D eigenvalue weighted by Gasteiger charge is -2.10. The molecule has 5 heteroatoms. The molecule has 0 aliphatic rings. The van der Waals surface area contributed by atoms with Gasteiger partial charge in [-0.1, -0.05) is 6.07 Å². The lowest BCUT2D eigenvalue weighted by molar-refractivity contribution is -0.119. The van der Waals surface area contributed by atoms with E-state index in [-0.39, 0.29) is 12.5 Å². The smallest absolute Gasteiger partial charge is 0.239 e. The fourth-order valence-electron chi connectivity index (χ4n) is 1.46. The Kier molecular flexibility index (Phi) is 6.75. The van der Waals surface area contributed by atoms with Gasteiger partial charge in [-0.2, -0.15) is 0 Å². The van der Waals surface area contributed by atoms with E-state index in [2.05, 4.69) is 26.6 Å². The molecule has 0 aliphatic carbocycles. The maximum absolute atomic E-state index is 11.5. The van der Waals surface area contributed by atoms with Crippen molar-refractivity contribution in [3.05, 3.63) is 28.2 Å². The van der Waals surface area contributed by atoms with Gasteiger partial charge in [0.1, 0.15) is 0 Å². The van der Waals surface area contributed by atoms with E-state index in [0.717, 1.165) is 22.1 Å². The monoisotopic (exact) mass is 314 g/mol. The minimum atomic E-state index is -0.0143. The van der Waals surface area contributed by atoms with Crippen LogP contribution in [0, 0.1) is 6.92 Å². The Bertz CT molecular complexity index is 397. The first-order chi connectivity index (χ1) is 8.63. The number of amides is 1. The molecule has 1 rings (SSSR count). The summed E-state index contributed by atoms with van der Waals surface area (Å²) in [5, 5.41) is 5.93. The summed E-state index contributed by atoms with van der Waals surface area (Å²) >= 11 is 3.44. The molecule has 4 nitrogen and oxygen atoms in total. The molecule has 0 spiro atoms. The number of ether oxygens (including phenoxy) is 1. The van der Waals surface area contributed by atoms with Gasteiger partial charge in [-0.15, -0.1) is 0 Å². The van der Waals surface area contributed by atoms with Crippen LogP contribution in [0.25, 0.3) is 0 Å². The maximum atomic E-state index is 11.5. The van der Waals surface area contributed by atoms with Crippen molar-refractivity contribution in [1.82, 2.24) is 5.32 Å². The van der Waals surface area contributed by atoms with Gasteiger partial charge in [0, 0.05) is 30.4 Å². The lowest BCUT2D eigenvalue weighted by atomic mass is 10.2. The number of halogens is 1. The fraction of sp³-hybridized carbons (Fsp3) is 0.462. The van der Waals surface area contributed by atoms with Crippen molar-refractivity contribution in [2.24, 2.45) is 0 Å². The molecule has 0 aliphatic heterocycles. The first-order valence-corrected chi connectivity index (χ1v) is 6.68. The van der Waals surface area contributed by atoms with Crippen LogP contribution in [0.4, 0.5) is 5.69 Å². The third-order valence-electron chi connectivity index (χ3n) is 2.41. The van der Waals surface area contributed by atoms with Crippen LogP contribution in [-0.2, 0) is 9.53 Å². The molecule has 0 saturated carbocycles. The van der Waals surface area contributed by atoms with Crippen LogP contribution >= 0.6 is 15.9 Å². The SMILES string of the molecule is COCCCNC(=O)CNc1cc(C)ccc1Br. The summed E-state index contributed by atoms with van der Waals surface area (Å²) in [5.74, 6) is -0.0143. The topological polar surface area (TPSA) is 50.4 Å². The summed E-state index contributed by atoms with van der Waals surface area (Å²) in [6.45, 7) is 3.60. The minimum Gasteiger partial charge on any atom is -0.385 e. The largest absolute Gasteiger partial charge is 0.385 e. The number of rotatable bonds is 7. The quantitative estimate of drug-likeness (QED) is 0.759. The van der Waals surface area contributed by atoms with E-state index < -0.39 is 0 Å². The molecule has 0 unspecified atom stereocenters. The summed E-state index contributed by atoms with van der Waals surface area (Å²) in [6.07, 6.45) is 0.830. The Morgan fingerprint density at radius 3 is 2.94 bits per heavy atom. The van der Waals surface area contributed by atoms with Gasteiger partial charge in [-0.05, 0) is 47.0 Å². The molecule has 1 aromatic rings. The third-order valence-corrected chi connectivity index (χ3v) is 3.10. The van der Waals surface area contributed by atoms with E-state index in [1.54, 1.807) is 7.11 Å². The van der Waals surface area contributed by atoms with Crippen LogP contribution < -0.4 is 10.6 Å². The highest BCUT2D eigenvalue weighted by Gasteiger charge is 2.03. The minimum absolute atomic E-state index is 0.0143. The third kappa shape index (κ3) is 5.51. The van der Waals surface area contributed by atoms with Crippen molar-refractivity contribution in [3.8, 4) is 0 Å². The predicted molar refractivity (Wildman–Crippen MR) is 76.9 cm³/mol. The first kappa shape index (κ1) is 15.0. The van der Waals surface area contributed by atoms with Crippen molar-refractivity contribution >= 4 is 27.5 Å². The molecule has 0 fully saturated rings. The zero-order valence-electron chi connectivity index (χ0n) is 10.8. The van der Waals surface area contributed by atoms with E-state index in [1.165, 1.54) is 0 Å². The van der Waals surface area contributed by atoms with Crippen LogP contribution in [0.3, 0.4) is 0 Å². The van der Waals surface area contributed by atoms with Gasteiger partial charge in [0.15, 0.2) is 0 Å². The number of benzene rings is 1. The van der Waals surface area contributed by atoms with E-state index >= 15 is 0 Å². The average molecular weight is 315 g/mol. The van der Waals surface area contributed by atoms with Gasteiger partial charge in [-0.25, -0.2) is 0 Å². The van der Waals surface area contributed by atoms with Crippen molar-refractivity contribution in [1.29, 1.82) is 0 Å². The van der Waals surface area contributed by atoms with Crippen molar-refractivity contribution in [2.75, 3.05) is 32.1 Å². The van der Waals surface area contributed by atoms with Crippen molar-refractivity contribution in [3.63, 3.8) is 0 Å². The predicted octanol–water partition coefficient (Wildman–Crippen LogP) is 2.32. The number of aryl methyl sites for hydroxylation is 1. The van der Waals surface area contributed by atoms with Gasteiger partial charge in [0.05, 0.1) is 6.54 Å². The van der Waals surface area contributed by atoms with E-state index in [9.17, 15) is 4.79 Å². The van der Waals surface area contributed by atoms with Crippen molar-refractivity contribution < 1.29 is 9.53 Å². The Balaban J connectivity index is 2.31. The molecular formula is C13H19BrN2O2. The van der Waals surface area contributed by atoms with Crippen LogP contribution in [0.1, 0.15) is 12.0 Å². The number of hydrogen-bond acceptors (Lipinski definition) is 3. The highest BCUT2D eigenvalue weighted by Crippen LogP contribution is 2.22. The molecule has 0 heterocycles. The normalized spacial score (nSPS) is 10.2. The maximum Gasteiger partial charge on any atom is 0.239 e. The Labute approximate surface area is 116 Å². The zero-order chi connectivity index (χ0) is 13.4. The van der Waals surface area contributed by atoms with Crippen LogP contribution in [-0.4, -0.2) is 32.7 Å². The molecule has 18 heavy (non-hydrogen) atoms. The molecule has 0 atom stereocenters. The Morgan fingerprint density at radius 2 is 2.22 bits per heavy atom. The molecular weight excluding hydrogens is 296 g/mol. The second kappa shape index (κ2) is 8.11. The van der Waals surface area contributed by atoms with Gasteiger partial charge >= 0.3 is 0 Å². The van der Waals surface area contributed by atoms with Gasteiger partial charge in [-0.3, -0.25) is 4.79 Å². The molecule has 0 aromatic heterocycles. The highest BCUT2D eigenvalue weighted by atomic mass is 79.9. The van der Waals surface area contributed by atoms with E-state index in [0.29, 0.717) is 13.2 Å². The number of carbonyl (C=O) groups is 1. The lowest BCUT2D eigenvalue weighted by Crippen LogP contribution is -2.31. The molecule has 1 aromatic carbocycles. The standard InChI is InChI=1S/C13H19BrN2O2/c1-10-4-5-11(14)12(8-10)16-9-13(17)15-6-3-7-18-2/h4-5,8,16H,3,6-7,9H2,1-2H3,(H,15,17). The number of methoxy groups -OCH3 is 1. The molecule has 0 bridgehead atoms. The Morgan fingerprint density at radius 1 is 1.44 bits per heavy atom. The van der Waals surface area contributed by atoms with Crippen LogP contribution in [0.15, 0.2) is 22.7 Å². The van der Waals surface area contributed by atoms with Crippen molar-refractivity contribution in [2.45, 2.75) is 13.3 Å². The summed E-state index contributed by atoms with van der Waals surface area (Å²) < 4.78 is 5.87. The Hall–Kier alpha value is -1.07. The summed E-state index contributed by atoms with van der Waals surface area (Å²) in [7, 11) is 1.65. The second-order valence-corrected chi connectivity index (χ2v) is 4.89. The average Bonchev–Trinajstić information content (AvgIpc) is 2.36. The molecule has 100 valence electrons. The van der Waals surface area contributed by atoms with E-state index in [4.69, 9.17) is 4.74 Å². The number of hydrogen-bond donors (Lipinski definition) is 2. The second-order valence-electron chi connectivity index (χ2n) is 4.03. The zero-order valence-corrected chi connectivity index (χ0v) is 12.3. The van der Waals surface area contributed by atoms with E-state index in [1.807, 2.05) is 25.1 Å².